The van der Waals surface area contributed by atoms with E-state index in [0.717, 1.165) is 0 Å². The zero-order chi connectivity index (χ0) is 21.4. The zero-order valence-corrected chi connectivity index (χ0v) is 18.8. The molecule has 4 aromatic carbocycles. The number of hydrogen-bond donors (Lipinski definition) is 0. The minimum Gasteiger partial charge on any atom is -0.306 e. The lowest BCUT2D eigenvalue weighted by atomic mass is 10.00. The summed E-state index contributed by atoms with van der Waals surface area (Å²) in [6.45, 7) is 2.24. The maximum absolute atomic E-state index is 2.52. The average Bonchev–Trinajstić information content (AvgIpc) is 3.16. The van der Waals surface area contributed by atoms with Crippen LogP contribution in [0.15, 0.2) is 101 Å². The number of rotatable bonds is 2. The second-order valence-corrected chi connectivity index (χ2v) is 9.69. The zero-order valence-electron chi connectivity index (χ0n) is 18.0. The highest BCUT2D eigenvalue weighted by Crippen LogP contribution is 2.43. The first-order valence-electron chi connectivity index (χ1n) is 10.9. The quantitative estimate of drug-likeness (QED) is 0.159. The molecule has 0 radical (unpaired) electrons. The van der Waals surface area contributed by atoms with Crippen LogP contribution in [0.4, 0.5) is 0 Å². The van der Waals surface area contributed by atoms with Gasteiger partial charge in [-0.3, -0.25) is 0 Å². The van der Waals surface area contributed by atoms with Crippen LogP contribution >= 0.6 is 11.8 Å². The van der Waals surface area contributed by atoms with Crippen LogP contribution in [0.25, 0.3) is 49.0 Å². The lowest BCUT2D eigenvalue weighted by molar-refractivity contribution is -0.643. The van der Waals surface area contributed by atoms with Crippen LogP contribution in [0, 0.1) is 6.92 Å². The molecule has 0 N–H and O–H groups in total. The van der Waals surface area contributed by atoms with Crippen molar-refractivity contribution >= 4 is 60.8 Å². The van der Waals surface area contributed by atoms with Crippen LogP contribution in [0.2, 0.25) is 0 Å². The number of hydrogen-bond acceptors (Lipinski definition) is 1. The largest absolute Gasteiger partial charge is 0.306 e. The Morgan fingerprint density at radius 1 is 0.719 bits per heavy atom. The molecule has 3 aromatic heterocycles. The van der Waals surface area contributed by atoms with Gasteiger partial charge in [0.15, 0.2) is 6.20 Å². The van der Waals surface area contributed by atoms with Crippen molar-refractivity contribution in [2.75, 3.05) is 0 Å². The van der Waals surface area contributed by atoms with Gasteiger partial charge in [0.1, 0.15) is 7.05 Å². The van der Waals surface area contributed by atoms with Crippen LogP contribution < -0.4 is 4.57 Å². The average molecular weight is 430 g/mol. The first-order chi connectivity index (χ1) is 15.7. The predicted molar refractivity (Wildman–Crippen MR) is 135 cm³/mol. The molecule has 0 aliphatic carbocycles. The highest BCUT2D eigenvalue weighted by Gasteiger charge is 2.24. The van der Waals surface area contributed by atoms with Crippen LogP contribution in [0.3, 0.4) is 0 Å². The Kier molecular flexibility index (Phi) is 3.65. The van der Waals surface area contributed by atoms with Gasteiger partial charge in [0, 0.05) is 26.6 Å². The fourth-order valence-electron chi connectivity index (χ4n) is 5.35. The van der Waals surface area contributed by atoms with E-state index < -0.39 is 0 Å². The van der Waals surface area contributed by atoms with E-state index in [0.29, 0.717) is 0 Å². The highest BCUT2D eigenvalue weighted by molar-refractivity contribution is 7.99. The molecule has 0 unspecified atom stereocenters. The lowest BCUT2D eigenvalue weighted by Crippen LogP contribution is -2.28. The third-order valence-electron chi connectivity index (χ3n) is 6.71. The summed E-state index contributed by atoms with van der Waals surface area (Å²) < 4.78 is 4.81. The second kappa shape index (κ2) is 6.47. The van der Waals surface area contributed by atoms with E-state index in [9.17, 15) is 0 Å². The topological polar surface area (TPSA) is 8.29 Å². The Morgan fingerprint density at radius 2 is 1.53 bits per heavy atom. The number of para-hydroxylation sites is 1. The highest BCUT2D eigenvalue weighted by atomic mass is 32.2. The van der Waals surface area contributed by atoms with Gasteiger partial charge < -0.3 is 4.40 Å². The van der Waals surface area contributed by atoms with Gasteiger partial charge >= 0.3 is 0 Å². The Bertz CT molecular complexity index is 1810. The summed E-state index contributed by atoms with van der Waals surface area (Å²) in [7, 11) is 2.17. The standard InChI is InChI=1S/C29H21N2S/c1-18-14-15-22-21-11-7-13-24(32-20-9-4-3-5-10-20)27(21)31-23-12-6-8-19-16-17-30(2)29(26(19)23)25(18)28(22)31/h3-17H,1-2H3/q+1. The molecule has 3 heteroatoms. The molecule has 2 nitrogen and oxygen atoms in total. The normalized spacial score (nSPS) is 12.2. The van der Waals surface area contributed by atoms with Gasteiger partial charge in [-0.25, -0.2) is 4.57 Å². The number of nitrogens with zero attached hydrogens (tertiary/aromatic N) is 2. The monoisotopic (exact) mass is 429 g/mol. The SMILES string of the molecule is Cc1ccc2c3cccc(Sc4ccccc4)c3n3c4cccc5cc[n+](C)c(c1c23)c54. The summed E-state index contributed by atoms with van der Waals surface area (Å²) in [6, 6.07) is 30.9. The van der Waals surface area contributed by atoms with Crippen molar-refractivity contribution in [1.29, 1.82) is 0 Å². The number of pyridine rings is 2. The first-order valence-corrected chi connectivity index (χ1v) is 11.8. The molecule has 0 amide bonds. The van der Waals surface area contributed by atoms with Gasteiger partial charge in [-0.05, 0) is 42.1 Å². The van der Waals surface area contributed by atoms with Gasteiger partial charge in [0.25, 0.3) is 0 Å². The fraction of sp³-hybridized carbons (Fsp3) is 0.0690. The van der Waals surface area contributed by atoms with E-state index in [1.54, 1.807) is 0 Å². The van der Waals surface area contributed by atoms with Crippen LogP contribution in [-0.4, -0.2) is 4.40 Å². The number of fused-ring (bicyclic) bond motifs is 5. The van der Waals surface area contributed by atoms with Crippen LogP contribution in [0.5, 0.6) is 0 Å². The molecule has 7 aromatic rings. The Hall–Kier alpha value is -3.56. The molecule has 0 aliphatic heterocycles. The maximum atomic E-state index is 2.52. The third kappa shape index (κ3) is 2.29. The van der Waals surface area contributed by atoms with E-state index in [4.69, 9.17) is 0 Å². The molecule has 152 valence electrons. The smallest absolute Gasteiger partial charge is 0.224 e. The summed E-state index contributed by atoms with van der Waals surface area (Å²) in [5.41, 5.74) is 6.52. The summed E-state index contributed by atoms with van der Waals surface area (Å²) in [5.74, 6) is 0. The summed E-state index contributed by atoms with van der Waals surface area (Å²) in [5, 5.41) is 6.60. The van der Waals surface area contributed by atoms with E-state index >= 15 is 0 Å². The van der Waals surface area contributed by atoms with Crippen LogP contribution in [-0.2, 0) is 7.05 Å². The van der Waals surface area contributed by atoms with Crippen molar-refractivity contribution in [3.8, 4) is 0 Å². The first kappa shape index (κ1) is 18.1. The summed E-state index contributed by atoms with van der Waals surface area (Å²) in [4.78, 5) is 2.55. The Labute approximate surface area is 190 Å². The number of benzene rings is 4. The molecule has 0 saturated carbocycles. The Morgan fingerprint density at radius 3 is 2.41 bits per heavy atom. The molecular weight excluding hydrogens is 408 g/mol. The second-order valence-electron chi connectivity index (χ2n) is 8.57. The molecule has 3 heterocycles. The molecular formula is C29H21N2S+. The summed E-state index contributed by atoms with van der Waals surface area (Å²) in [6.07, 6.45) is 2.19. The third-order valence-corrected chi connectivity index (χ3v) is 7.77. The van der Waals surface area contributed by atoms with Gasteiger partial charge in [-0.15, -0.1) is 0 Å². The van der Waals surface area contributed by atoms with E-state index in [2.05, 4.69) is 114 Å². The minimum atomic E-state index is 1.26. The van der Waals surface area contributed by atoms with Crippen LogP contribution in [0.1, 0.15) is 5.56 Å². The molecule has 32 heavy (non-hydrogen) atoms. The molecule has 0 bridgehead atoms. The van der Waals surface area contributed by atoms with E-state index in [-0.39, 0.29) is 0 Å². The van der Waals surface area contributed by atoms with E-state index in [1.165, 1.54) is 64.4 Å². The minimum absolute atomic E-state index is 1.26. The van der Waals surface area contributed by atoms with Gasteiger partial charge in [-0.1, -0.05) is 66.4 Å². The molecule has 0 saturated heterocycles. The van der Waals surface area contributed by atoms with Crippen molar-refractivity contribution in [2.24, 2.45) is 7.05 Å². The fourth-order valence-corrected chi connectivity index (χ4v) is 6.34. The van der Waals surface area contributed by atoms with E-state index in [1.807, 2.05) is 11.8 Å². The maximum Gasteiger partial charge on any atom is 0.224 e. The number of aromatic nitrogens is 2. The number of aryl methyl sites for hydroxylation is 2. The van der Waals surface area contributed by atoms with Crippen molar-refractivity contribution in [3.63, 3.8) is 0 Å². The molecule has 0 atom stereocenters. The predicted octanol–water partition coefficient (Wildman–Crippen LogP) is 7.27. The molecule has 7 rings (SSSR count). The van der Waals surface area contributed by atoms with Gasteiger partial charge in [-0.2, -0.15) is 0 Å². The Balaban J connectivity index is 1.78. The van der Waals surface area contributed by atoms with Crippen molar-refractivity contribution in [3.05, 3.63) is 96.7 Å². The molecule has 0 aliphatic rings. The molecule has 0 spiro atoms. The molecule has 0 fully saturated rings. The van der Waals surface area contributed by atoms with Crippen molar-refractivity contribution < 1.29 is 4.57 Å². The van der Waals surface area contributed by atoms with Gasteiger partial charge in [0.05, 0.1) is 27.3 Å². The lowest BCUT2D eigenvalue weighted by Gasteiger charge is -2.13. The van der Waals surface area contributed by atoms with Crippen molar-refractivity contribution in [1.82, 2.24) is 4.40 Å². The van der Waals surface area contributed by atoms with Crippen molar-refractivity contribution in [2.45, 2.75) is 16.7 Å². The van der Waals surface area contributed by atoms with Gasteiger partial charge in [0.2, 0.25) is 5.52 Å². The summed E-state index contributed by atoms with van der Waals surface area (Å²) >= 11 is 1.84.